The zero-order valence-corrected chi connectivity index (χ0v) is 19.2. The predicted octanol–water partition coefficient (Wildman–Crippen LogP) is 6.65. The zero-order chi connectivity index (χ0) is 22.4. The number of amides is 2. The number of rotatable bonds is 7. The number of unbranched alkanes of at least 4 members (excludes halogenated alkanes) is 1. The third-order valence-electron chi connectivity index (χ3n) is 4.67. The first-order valence-corrected chi connectivity index (χ1v) is 10.8. The van der Waals surface area contributed by atoms with Crippen LogP contribution in [0.25, 0.3) is 5.69 Å². The van der Waals surface area contributed by atoms with E-state index in [1.807, 2.05) is 30.3 Å². The molecule has 0 saturated heterocycles. The monoisotopic (exact) mass is 440 g/mol. The summed E-state index contributed by atoms with van der Waals surface area (Å²) in [7, 11) is 0. The fraction of sp³-hybridized carbons (Fsp3) is 0.333. The highest BCUT2D eigenvalue weighted by atomic mass is 35.5. The van der Waals surface area contributed by atoms with Crippen LogP contribution >= 0.6 is 11.6 Å². The van der Waals surface area contributed by atoms with Crippen LogP contribution in [-0.2, 0) is 5.41 Å². The van der Waals surface area contributed by atoms with Gasteiger partial charge in [0.05, 0.1) is 18.0 Å². The Morgan fingerprint density at radius 1 is 1.06 bits per heavy atom. The molecule has 3 rings (SSSR count). The highest BCUT2D eigenvalue weighted by molar-refractivity contribution is 6.30. The normalized spacial score (nSPS) is 11.3. The van der Waals surface area contributed by atoms with Gasteiger partial charge in [-0.25, -0.2) is 9.48 Å². The Bertz CT molecular complexity index is 1010. The molecule has 0 aliphatic heterocycles. The molecule has 2 aromatic carbocycles. The third kappa shape index (κ3) is 6.25. The van der Waals surface area contributed by atoms with Crippen molar-refractivity contribution < 1.29 is 9.53 Å². The van der Waals surface area contributed by atoms with Gasteiger partial charge in [-0.1, -0.05) is 45.7 Å². The van der Waals surface area contributed by atoms with Crippen molar-refractivity contribution in [2.75, 3.05) is 17.2 Å². The second kappa shape index (κ2) is 9.88. The summed E-state index contributed by atoms with van der Waals surface area (Å²) in [4.78, 5) is 12.6. The van der Waals surface area contributed by atoms with Crippen molar-refractivity contribution in [3.8, 4) is 11.4 Å². The first kappa shape index (κ1) is 22.7. The largest absolute Gasteiger partial charge is 0.494 e. The molecule has 164 valence electrons. The SMILES string of the molecule is CCCCOc1ccc(-n2nc(C(C)(C)C)cc2NC(=O)Nc2ccc(Cl)cc2)cc1. The first-order chi connectivity index (χ1) is 14.8. The van der Waals surface area contributed by atoms with Gasteiger partial charge in [-0.2, -0.15) is 5.10 Å². The number of benzene rings is 2. The lowest BCUT2D eigenvalue weighted by atomic mass is 9.92. The molecule has 0 spiro atoms. The number of ether oxygens (including phenoxy) is 1. The minimum Gasteiger partial charge on any atom is -0.494 e. The number of halogens is 1. The van der Waals surface area contributed by atoms with E-state index >= 15 is 0 Å². The summed E-state index contributed by atoms with van der Waals surface area (Å²) in [5, 5.41) is 11.1. The van der Waals surface area contributed by atoms with Crippen LogP contribution in [0.3, 0.4) is 0 Å². The Labute approximate surface area is 188 Å². The Morgan fingerprint density at radius 3 is 2.35 bits per heavy atom. The minimum absolute atomic E-state index is 0.169. The van der Waals surface area contributed by atoms with Crippen LogP contribution in [0.15, 0.2) is 54.6 Å². The van der Waals surface area contributed by atoms with Gasteiger partial charge >= 0.3 is 6.03 Å². The molecule has 0 unspecified atom stereocenters. The molecule has 0 radical (unpaired) electrons. The second-order valence-electron chi connectivity index (χ2n) is 8.36. The summed E-state index contributed by atoms with van der Waals surface area (Å²) < 4.78 is 7.48. The second-order valence-corrected chi connectivity index (χ2v) is 8.79. The van der Waals surface area contributed by atoms with Crippen molar-refractivity contribution >= 4 is 29.1 Å². The number of nitrogens with zero attached hydrogens (tertiary/aromatic N) is 2. The standard InChI is InChI=1S/C24H29ClN4O2/c1-5-6-15-31-20-13-11-19(12-14-20)29-22(16-21(28-29)24(2,3)4)27-23(30)26-18-9-7-17(25)8-10-18/h7-14,16H,5-6,15H2,1-4H3,(H2,26,27,30). The molecular formula is C24H29ClN4O2. The maximum atomic E-state index is 12.6. The number of nitrogens with one attached hydrogen (secondary N) is 2. The van der Waals surface area contributed by atoms with Crippen LogP contribution in [0.1, 0.15) is 46.2 Å². The predicted molar refractivity (Wildman–Crippen MR) is 127 cm³/mol. The van der Waals surface area contributed by atoms with E-state index in [4.69, 9.17) is 21.4 Å². The highest BCUT2D eigenvalue weighted by Gasteiger charge is 2.21. The third-order valence-corrected chi connectivity index (χ3v) is 4.92. The molecule has 31 heavy (non-hydrogen) atoms. The molecule has 0 bridgehead atoms. The molecule has 6 nitrogen and oxygen atoms in total. The van der Waals surface area contributed by atoms with E-state index in [1.54, 1.807) is 28.9 Å². The van der Waals surface area contributed by atoms with Gasteiger partial charge in [0.2, 0.25) is 0 Å². The fourth-order valence-electron chi connectivity index (χ4n) is 2.86. The molecule has 0 atom stereocenters. The van der Waals surface area contributed by atoms with Crippen LogP contribution < -0.4 is 15.4 Å². The summed E-state index contributed by atoms with van der Waals surface area (Å²) >= 11 is 5.91. The van der Waals surface area contributed by atoms with E-state index in [0.29, 0.717) is 23.1 Å². The summed E-state index contributed by atoms with van der Waals surface area (Å²) in [6.45, 7) is 9.09. The maximum absolute atomic E-state index is 12.6. The lowest BCUT2D eigenvalue weighted by molar-refractivity contribution is 0.262. The van der Waals surface area contributed by atoms with Crippen molar-refractivity contribution in [1.82, 2.24) is 9.78 Å². The number of anilines is 2. The van der Waals surface area contributed by atoms with Crippen molar-refractivity contribution in [3.05, 3.63) is 65.3 Å². The average molecular weight is 441 g/mol. The lowest BCUT2D eigenvalue weighted by Crippen LogP contribution is -2.21. The highest BCUT2D eigenvalue weighted by Crippen LogP contribution is 2.27. The van der Waals surface area contributed by atoms with Gasteiger partial charge in [-0.15, -0.1) is 0 Å². The molecular weight excluding hydrogens is 412 g/mol. The van der Waals surface area contributed by atoms with E-state index in [9.17, 15) is 4.79 Å². The Morgan fingerprint density at radius 2 is 1.74 bits per heavy atom. The topological polar surface area (TPSA) is 68.2 Å². The van der Waals surface area contributed by atoms with E-state index < -0.39 is 0 Å². The van der Waals surface area contributed by atoms with E-state index in [0.717, 1.165) is 30.0 Å². The van der Waals surface area contributed by atoms with Crippen LogP contribution in [0.5, 0.6) is 5.75 Å². The maximum Gasteiger partial charge on any atom is 0.324 e. The van der Waals surface area contributed by atoms with Crippen LogP contribution in [-0.4, -0.2) is 22.4 Å². The number of urea groups is 1. The number of hydrogen-bond donors (Lipinski definition) is 2. The van der Waals surface area contributed by atoms with Gasteiger partial charge in [0.15, 0.2) is 0 Å². The zero-order valence-electron chi connectivity index (χ0n) is 18.4. The molecule has 0 aliphatic carbocycles. The molecule has 1 aromatic heterocycles. The summed E-state index contributed by atoms with van der Waals surface area (Å²) in [5.41, 5.74) is 2.19. The van der Waals surface area contributed by atoms with Crippen LogP contribution in [0, 0.1) is 0 Å². The van der Waals surface area contributed by atoms with Gasteiger partial charge in [-0.05, 0) is 55.0 Å². The fourth-order valence-corrected chi connectivity index (χ4v) is 2.99. The van der Waals surface area contributed by atoms with Gasteiger partial charge in [0, 0.05) is 22.2 Å². The van der Waals surface area contributed by atoms with Crippen LogP contribution in [0.2, 0.25) is 5.02 Å². The van der Waals surface area contributed by atoms with Crippen molar-refractivity contribution in [2.24, 2.45) is 0 Å². The number of carbonyl (C=O) groups is 1. The number of hydrogen-bond acceptors (Lipinski definition) is 3. The van der Waals surface area contributed by atoms with E-state index in [-0.39, 0.29) is 11.4 Å². The smallest absolute Gasteiger partial charge is 0.324 e. The van der Waals surface area contributed by atoms with Gasteiger partial charge in [0.1, 0.15) is 11.6 Å². The Kier molecular flexibility index (Phi) is 7.23. The summed E-state index contributed by atoms with van der Waals surface area (Å²) in [6.07, 6.45) is 2.11. The van der Waals surface area contributed by atoms with Gasteiger partial charge in [-0.3, -0.25) is 5.32 Å². The van der Waals surface area contributed by atoms with Crippen LogP contribution in [0.4, 0.5) is 16.3 Å². The molecule has 0 aliphatic rings. The Balaban J connectivity index is 1.81. The first-order valence-electron chi connectivity index (χ1n) is 10.4. The molecule has 2 amide bonds. The molecule has 1 heterocycles. The molecule has 2 N–H and O–H groups in total. The van der Waals surface area contributed by atoms with Crippen molar-refractivity contribution in [1.29, 1.82) is 0 Å². The lowest BCUT2D eigenvalue weighted by Gasteiger charge is -2.14. The van der Waals surface area contributed by atoms with Gasteiger partial charge < -0.3 is 10.1 Å². The Hall–Kier alpha value is -2.99. The van der Waals surface area contributed by atoms with E-state index in [1.165, 1.54) is 0 Å². The summed E-state index contributed by atoms with van der Waals surface area (Å²) in [5.74, 6) is 1.39. The summed E-state index contributed by atoms with van der Waals surface area (Å²) in [6, 6.07) is 16.2. The average Bonchev–Trinajstić information content (AvgIpc) is 3.14. The number of carbonyl (C=O) groups excluding carboxylic acids is 1. The van der Waals surface area contributed by atoms with Crippen molar-refractivity contribution in [2.45, 2.75) is 46.0 Å². The number of aromatic nitrogens is 2. The molecule has 7 heteroatoms. The van der Waals surface area contributed by atoms with E-state index in [2.05, 4.69) is 38.3 Å². The molecule has 0 fully saturated rings. The van der Waals surface area contributed by atoms with Crippen molar-refractivity contribution in [3.63, 3.8) is 0 Å². The molecule has 3 aromatic rings. The minimum atomic E-state index is -0.358. The quantitative estimate of drug-likeness (QED) is 0.404. The van der Waals surface area contributed by atoms with Gasteiger partial charge in [0.25, 0.3) is 0 Å². The molecule has 0 saturated carbocycles.